The van der Waals surface area contributed by atoms with E-state index in [9.17, 15) is 0 Å². The molecule has 0 aromatic carbocycles. The van der Waals surface area contributed by atoms with Crippen molar-refractivity contribution in [1.82, 2.24) is 0 Å². The fraction of sp³-hybridized carbons (Fsp3) is 1.00. The highest BCUT2D eigenvalue weighted by Crippen LogP contribution is 2.09. The predicted octanol–water partition coefficient (Wildman–Crippen LogP) is -0.234. The Morgan fingerprint density at radius 1 is 1.83 bits per heavy atom. The molecule has 2 atom stereocenters. The van der Waals surface area contributed by atoms with Crippen LogP contribution in [0.4, 0.5) is 0 Å². The lowest BCUT2D eigenvalue weighted by Crippen LogP contribution is -2.42. The van der Waals surface area contributed by atoms with Crippen molar-refractivity contribution in [2.24, 2.45) is 0 Å². The van der Waals surface area contributed by atoms with Gasteiger partial charge >= 0.3 is 0 Å². The number of ether oxygens (including phenoxy) is 1. The summed E-state index contributed by atoms with van der Waals surface area (Å²) < 4.78 is 4.79. The van der Waals surface area contributed by atoms with Crippen molar-refractivity contribution in [1.29, 1.82) is 0 Å². The van der Waals surface area contributed by atoms with Crippen molar-refractivity contribution in [3.63, 3.8) is 0 Å². The lowest BCUT2D eigenvalue weighted by atomic mass is 10.2. The summed E-state index contributed by atoms with van der Waals surface area (Å²) in [6.45, 7) is 2.38. The van der Waals surface area contributed by atoms with Gasteiger partial charge in [0.25, 0.3) is 0 Å². The van der Waals surface area contributed by atoms with Crippen LogP contribution in [-0.4, -0.2) is 23.9 Å². The number of aliphatic hydroxyl groups excluding tert-OH is 1. The maximum absolute atomic E-state index is 8.59. The highest BCUT2D eigenvalue weighted by atomic mass is 16.5. The molecule has 0 spiro atoms. The molecule has 1 aliphatic heterocycles. The van der Waals surface area contributed by atoms with E-state index < -0.39 is 0 Å². The summed E-state index contributed by atoms with van der Waals surface area (Å²) in [6.07, 6.45) is -0.102. The summed E-state index contributed by atoms with van der Waals surface area (Å²) in [7, 11) is 0. The molecular weight excluding hydrogens is 80.0 g/mol. The van der Waals surface area contributed by atoms with Crippen molar-refractivity contribution in [2.75, 3.05) is 6.61 Å². The highest BCUT2D eigenvalue weighted by Gasteiger charge is 2.24. The Kier molecular flexibility index (Phi) is 0.821. The number of aliphatic hydroxyl groups is 1. The van der Waals surface area contributed by atoms with E-state index in [1.54, 1.807) is 0 Å². The zero-order chi connectivity index (χ0) is 4.57. The van der Waals surface area contributed by atoms with E-state index in [2.05, 4.69) is 0 Å². The monoisotopic (exact) mass is 88.1 g/mol. The van der Waals surface area contributed by atoms with E-state index in [1.807, 2.05) is 6.92 Å². The third-order valence-electron chi connectivity index (χ3n) is 1.07. The van der Waals surface area contributed by atoms with Crippen molar-refractivity contribution in [3.05, 3.63) is 0 Å². The second-order valence-electron chi connectivity index (χ2n) is 1.61. The minimum absolute atomic E-state index is 0.0880. The molecule has 36 valence electrons. The third-order valence-corrected chi connectivity index (χ3v) is 1.07. The maximum Gasteiger partial charge on any atom is 0.103 e. The lowest BCUT2D eigenvalue weighted by Gasteiger charge is -2.28. The van der Waals surface area contributed by atoms with Gasteiger partial charge in [0.05, 0.1) is 12.7 Å². The zero-order valence-corrected chi connectivity index (χ0v) is 3.72. The van der Waals surface area contributed by atoms with Crippen LogP contribution in [0, 0.1) is 0 Å². The molecule has 0 aliphatic carbocycles. The largest absolute Gasteiger partial charge is 0.388 e. The molecule has 0 bridgehead atoms. The van der Waals surface area contributed by atoms with E-state index in [0.29, 0.717) is 6.61 Å². The average Bonchev–Trinajstić information content (AvgIpc) is 1.61. The van der Waals surface area contributed by atoms with E-state index in [0.717, 1.165) is 0 Å². The zero-order valence-electron chi connectivity index (χ0n) is 3.72. The molecule has 2 heteroatoms. The van der Waals surface area contributed by atoms with Gasteiger partial charge in [0, 0.05) is 0 Å². The molecule has 1 rings (SSSR count). The molecular formula is C4H8O2. The van der Waals surface area contributed by atoms with Crippen molar-refractivity contribution >= 4 is 0 Å². The minimum atomic E-state index is -0.190. The van der Waals surface area contributed by atoms with Crippen LogP contribution < -0.4 is 0 Å². The average molecular weight is 88.1 g/mol. The predicted molar refractivity (Wildman–Crippen MR) is 21.4 cm³/mol. The Morgan fingerprint density at radius 3 is 2.33 bits per heavy atom. The second kappa shape index (κ2) is 1.21. The Balaban J connectivity index is 2.20. The summed E-state index contributed by atoms with van der Waals surface area (Å²) in [5.41, 5.74) is 0. The normalized spacial score (nSPS) is 45.0. The van der Waals surface area contributed by atoms with Gasteiger partial charge in [-0.2, -0.15) is 0 Å². The molecule has 0 saturated carbocycles. The molecule has 1 heterocycles. The van der Waals surface area contributed by atoms with Crippen LogP contribution in [0.5, 0.6) is 0 Å². The van der Waals surface area contributed by atoms with Crippen LogP contribution in [0.15, 0.2) is 0 Å². The maximum atomic E-state index is 8.59. The van der Waals surface area contributed by atoms with Crippen molar-refractivity contribution in [2.45, 2.75) is 19.1 Å². The molecule has 1 aliphatic rings. The van der Waals surface area contributed by atoms with Crippen LogP contribution in [0.25, 0.3) is 0 Å². The Labute approximate surface area is 36.7 Å². The van der Waals surface area contributed by atoms with Gasteiger partial charge in [0.2, 0.25) is 0 Å². The van der Waals surface area contributed by atoms with Gasteiger partial charge in [-0.15, -0.1) is 0 Å². The molecule has 0 aromatic heterocycles. The molecule has 1 N–H and O–H groups in total. The summed E-state index contributed by atoms with van der Waals surface area (Å²) in [4.78, 5) is 0. The first-order valence-corrected chi connectivity index (χ1v) is 2.10. The van der Waals surface area contributed by atoms with Crippen LogP contribution in [0.1, 0.15) is 6.92 Å². The number of hydrogen-bond acceptors (Lipinski definition) is 2. The molecule has 0 amide bonds. The first-order chi connectivity index (χ1) is 2.80. The van der Waals surface area contributed by atoms with E-state index >= 15 is 0 Å². The smallest absolute Gasteiger partial charge is 0.103 e. The molecule has 0 radical (unpaired) electrons. The topological polar surface area (TPSA) is 29.5 Å². The first-order valence-electron chi connectivity index (χ1n) is 2.10. The first kappa shape index (κ1) is 4.09. The number of hydrogen-bond donors (Lipinski definition) is 1. The Morgan fingerprint density at radius 2 is 2.33 bits per heavy atom. The summed E-state index contributed by atoms with van der Waals surface area (Å²) in [5, 5.41) is 8.59. The van der Waals surface area contributed by atoms with Crippen LogP contribution in [0.3, 0.4) is 0 Å². The molecule has 0 aromatic rings. The standard InChI is InChI=1S/C4H8O2/c1-3-4(5)2-6-3/h3-5H,2H2,1H3/t3-,4-/m1/s1. The van der Waals surface area contributed by atoms with Crippen molar-refractivity contribution < 1.29 is 9.84 Å². The van der Waals surface area contributed by atoms with Crippen LogP contribution in [-0.2, 0) is 4.74 Å². The van der Waals surface area contributed by atoms with Gasteiger partial charge in [0.15, 0.2) is 0 Å². The van der Waals surface area contributed by atoms with Gasteiger partial charge in [0.1, 0.15) is 6.10 Å². The van der Waals surface area contributed by atoms with Gasteiger partial charge in [-0.3, -0.25) is 0 Å². The number of rotatable bonds is 0. The highest BCUT2D eigenvalue weighted by molar-refractivity contribution is 4.71. The van der Waals surface area contributed by atoms with E-state index in [1.165, 1.54) is 0 Å². The van der Waals surface area contributed by atoms with E-state index in [-0.39, 0.29) is 12.2 Å². The molecule has 0 unspecified atom stereocenters. The van der Waals surface area contributed by atoms with Crippen molar-refractivity contribution in [3.8, 4) is 0 Å². The fourth-order valence-electron chi connectivity index (χ4n) is 0.375. The molecule has 2 nitrogen and oxygen atoms in total. The van der Waals surface area contributed by atoms with Gasteiger partial charge in [-0.05, 0) is 6.92 Å². The molecule has 6 heavy (non-hydrogen) atoms. The van der Waals surface area contributed by atoms with E-state index in [4.69, 9.17) is 9.84 Å². The van der Waals surface area contributed by atoms with Gasteiger partial charge in [-0.1, -0.05) is 0 Å². The van der Waals surface area contributed by atoms with Crippen LogP contribution >= 0.6 is 0 Å². The SMILES string of the molecule is C[C@H]1OC[C@H]1O. The Hall–Kier alpha value is -0.0800. The summed E-state index contributed by atoms with van der Waals surface area (Å²) >= 11 is 0. The Bertz CT molecular complexity index is 45.5. The summed E-state index contributed by atoms with van der Waals surface area (Å²) in [6, 6.07) is 0. The molecule has 1 saturated heterocycles. The summed E-state index contributed by atoms with van der Waals surface area (Å²) in [5.74, 6) is 0. The minimum Gasteiger partial charge on any atom is -0.388 e. The third kappa shape index (κ3) is 0.420. The second-order valence-corrected chi connectivity index (χ2v) is 1.61. The van der Waals surface area contributed by atoms with Crippen LogP contribution in [0.2, 0.25) is 0 Å². The van der Waals surface area contributed by atoms with Gasteiger partial charge in [-0.25, -0.2) is 0 Å². The fourth-order valence-corrected chi connectivity index (χ4v) is 0.375. The quantitative estimate of drug-likeness (QED) is 0.443. The van der Waals surface area contributed by atoms with Gasteiger partial charge < -0.3 is 9.84 Å². The molecule has 1 fully saturated rings. The lowest BCUT2D eigenvalue weighted by molar-refractivity contribution is -0.152.